The molecule has 3 heterocycles. The quantitative estimate of drug-likeness (QED) is 0.470. The maximum Gasteiger partial charge on any atom is 0.161 e. The predicted molar refractivity (Wildman–Crippen MR) is 99.8 cm³/mol. The van der Waals surface area contributed by atoms with E-state index in [1.165, 1.54) is 0 Å². The molecule has 0 unspecified atom stereocenters. The molecule has 4 bridgehead atoms. The second kappa shape index (κ2) is 7.15. The fraction of sp³-hybridized carbons (Fsp3) is 0.200. The van der Waals surface area contributed by atoms with Crippen molar-refractivity contribution in [2.24, 2.45) is 0 Å². The van der Waals surface area contributed by atoms with Crippen molar-refractivity contribution in [1.29, 1.82) is 0 Å². The van der Waals surface area contributed by atoms with Gasteiger partial charge in [0.2, 0.25) is 0 Å². The molecule has 0 aliphatic carbocycles. The van der Waals surface area contributed by atoms with Crippen LogP contribution >= 0.6 is 0 Å². The van der Waals surface area contributed by atoms with Crippen LogP contribution in [0.25, 0.3) is 0 Å². The molecule has 0 N–H and O–H groups in total. The van der Waals surface area contributed by atoms with Crippen LogP contribution in [-0.4, -0.2) is 30.0 Å². The normalized spacial score (nSPS) is 13.7. The molecule has 1 aliphatic heterocycles. The minimum atomic E-state index is 0.318. The summed E-state index contributed by atoms with van der Waals surface area (Å²) >= 11 is 0. The first-order chi connectivity index (χ1) is 13.8. The number of fused-ring (bicyclic) bond motifs is 6. The van der Waals surface area contributed by atoms with Crippen molar-refractivity contribution in [2.45, 2.75) is 26.3 Å². The fourth-order valence-corrected chi connectivity index (χ4v) is 3.17. The number of nitrogens with zero attached hydrogens (tertiary/aromatic N) is 6. The van der Waals surface area contributed by atoms with Crippen molar-refractivity contribution in [3.8, 4) is 11.5 Å². The summed E-state index contributed by atoms with van der Waals surface area (Å²) in [4.78, 5) is 0. The van der Waals surface area contributed by atoms with Gasteiger partial charge in [0.05, 0.1) is 25.5 Å². The molecule has 1 aliphatic rings. The van der Waals surface area contributed by atoms with E-state index in [0.29, 0.717) is 37.8 Å². The zero-order valence-corrected chi connectivity index (χ0v) is 15.1. The van der Waals surface area contributed by atoms with Gasteiger partial charge in [-0.1, -0.05) is 46.8 Å². The fourth-order valence-electron chi connectivity index (χ4n) is 3.17. The smallest absolute Gasteiger partial charge is 0.161 e. The van der Waals surface area contributed by atoms with E-state index in [4.69, 9.17) is 9.47 Å². The molecule has 0 saturated carbocycles. The monoisotopic (exact) mass is 374 g/mol. The van der Waals surface area contributed by atoms with E-state index in [2.05, 4.69) is 32.8 Å². The van der Waals surface area contributed by atoms with Gasteiger partial charge in [-0.3, -0.25) is 0 Å². The topological polar surface area (TPSA) is 79.9 Å². The van der Waals surface area contributed by atoms with Crippen LogP contribution in [0.3, 0.4) is 0 Å². The second-order valence-corrected chi connectivity index (χ2v) is 6.61. The number of aromatic nitrogens is 6. The minimum absolute atomic E-state index is 0.318. The van der Waals surface area contributed by atoms with E-state index in [1.807, 2.05) is 58.2 Å². The summed E-state index contributed by atoms with van der Waals surface area (Å²) in [6.07, 6.45) is 3.80. The van der Waals surface area contributed by atoms with Gasteiger partial charge < -0.3 is 9.47 Å². The van der Waals surface area contributed by atoms with Gasteiger partial charge in [0.1, 0.15) is 24.6 Å². The van der Waals surface area contributed by atoms with Gasteiger partial charge in [-0.25, -0.2) is 9.36 Å². The van der Waals surface area contributed by atoms with E-state index < -0.39 is 0 Å². The molecule has 0 atom stereocenters. The van der Waals surface area contributed by atoms with Crippen molar-refractivity contribution in [3.63, 3.8) is 0 Å². The molecule has 8 nitrogen and oxygen atoms in total. The standard InChI is InChI=1S/C20H18N6O2/c1-2-6-16-10-26-12-18(22-24-26)14-28-20-8-4-3-7-19(20)27-13-17-11-25(23-21-17)9-15(16)5-1/h1-8,11-12H,9-10,13-14H2. The third-order valence-electron chi connectivity index (χ3n) is 4.56. The molecule has 0 saturated heterocycles. The number of ether oxygens (including phenoxy) is 2. The lowest BCUT2D eigenvalue weighted by Crippen LogP contribution is -2.08. The molecule has 140 valence electrons. The van der Waals surface area contributed by atoms with E-state index in [-0.39, 0.29) is 0 Å². The lowest BCUT2D eigenvalue weighted by molar-refractivity contribution is 0.251. The third-order valence-corrected chi connectivity index (χ3v) is 4.56. The summed E-state index contributed by atoms with van der Waals surface area (Å²) in [6, 6.07) is 15.8. The number of hydrogen-bond acceptors (Lipinski definition) is 6. The molecule has 0 spiro atoms. The highest BCUT2D eigenvalue weighted by molar-refractivity contribution is 5.39. The number of benzene rings is 2. The maximum atomic E-state index is 5.91. The summed E-state index contributed by atoms with van der Waals surface area (Å²) < 4.78 is 15.5. The van der Waals surface area contributed by atoms with E-state index >= 15 is 0 Å². The van der Waals surface area contributed by atoms with Crippen molar-refractivity contribution < 1.29 is 9.47 Å². The van der Waals surface area contributed by atoms with Crippen molar-refractivity contribution in [2.75, 3.05) is 0 Å². The third kappa shape index (κ3) is 3.44. The Morgan fingerprint density at radius 2 is 1.11 bits per heavy atom. The highest BCUT2D eigenvalue weighted by Gasteiger charge is 2.11. The molecule has 0 fully saturated rings. The summed E-state index contributed by atoms with van der Waals surface area (Å²) in [6.45, 7) is 1.89. The predicted octanol–water partition coefficient (Wildman–Crippen LogP) is 2.44. The van der Waals surface area contributed by atoms with Crippen LogP contribution < -0.4 is 9.47 Å². The van der Waals surface area contributed by atoms with E-state index in [9.17, 15) is 0 Å². The molecule has 0 radical (unpaired) electrons. The average molecular weight is 374 g/mol. The molecule has 2 aromatic heterocycles. The van der Waals surface area contributed by atoms with Gasteiger partial charge in [0.25, 0.3) is 0 Å². The van der Waals surface area contributed by atoms with Crippen LogP contribution in [-0.2, 0) is 26.3 Å². The molecular weight excluding hydrogens is 356 g/mol. The Bertz CT molecular complexity index is 1020. The Balaban J connectivity index is 1.51. The van der Waals surface area contributed by atoms with E-state index in [0.717, 1.165) is 22.5 Å². The molecule has 5 rings (SSSR count). The number of hydrogen-bond donors (Lipinski definition) is 0. The highest BCUT2D eigenvalue weighted by atomic mass is 16.5. The first-order valence-electron chi connectivity index (χ1n) is 9.03. The summed E-state index contributed by atoms with van der Waals surface area (Å²) in [5.74, 6) is 1.31. The maximum absolute atomic E-state index is 5.91. The Morgan fingerprint density at radius 1 is 0.643 bits per heavy atom. The minimum Gasteiger partial charge on any atom is -0.483 e. The molecule has 4 aromatic rings. The van der Waals surface area contributed by atoms with Gasteiger partial charge in [0.15, 0.2) is 11.5 Å². The SMILES string of the molecule is c1ccc2c(c1)Cn1cc(nn1)COc1ccccc1OCc1cn(nn1)C2. The van der Waals surface area contributed by atoms with Gasteiger partial charge in [-0.2, -0.15) is 0 Å². The van der Waals surface area contributed by atoms with Crippen LogP contribution in [0.2, 0.25) is 0 Å². The zero-order chi connectivity index (χ0) is 18.8. The molecular formula is C20H18N6O2. The first-order valence-corrected chi connectivity index (χ1v) is 9.03. The van der Waals surface area contributed by atoms with Crippen molar-refractivity contribution in [1.82, 2.24) is 30.0 Å². The Kier molecular flexibility index (Phi) is 4.21. The Morgan fingerprint density at radius 3 is 1.61 bits per heavy atom. The second-order valence-electron chi connectivity index (χ2n) is 6.61. The summed E-state index contributed by atoms with van der Waals surface area (Å²) in [5.41, 5.74) is 3.84. The average Bonchev–Trinajstić information content (AvgIpc) is 3.36. The van der Waals surface area contributed by atoms with Gasteiger partial charge in [-0.15, -0.1) is 10.2 Å². The van der Waals surface area contributed by atoms with Crippen LogP contribution in [0.15, 0.2) is 60.9 Å². The Labute approximate surface area is 161 Å². The van der Waals surface area contributed by atoms with Crippen LogP contribution in [0.5, 0.6) is 11.5 Å². The Hall–Kier alpha value is -3.68. The molecule has 8 heteroatoms. The largest absolute Gasteiger partial charge is 0.483 e. The lowest BCUT2D eigenvalue weighted by Gasteiger charge is -2.11. The molecule has 28 heavy (non-hydrogen) atoms. The lowest BCUT2D eigenvalue weighted by atomic mass is 10.1. The van der Waals surface area contributed by atoms with Crippen molar-refractivity contribution in [3.05, 3.63) is 83.4 Å². The van der Waals surface area contributed by atoms with Gasteiger partial charge >= 0.3 is 0 Å². The first kappa shape index (κ1) is 16.5. The highest BCUT2D eigenvalue weighted by Crippen LogP contribution is 2.28. The van der Waals surface area contributed by atoms with Gasteiger partial charge in [0, 0.05) is 0 Å². The number of rotatable bonds is 0. The van der Waals surface area contributed by atoms with Crippen LogP contribution in [0, 0.1) is 0 Å². The summed E-state index contributed by atoms with van der Waals surface area (Å²) in [7, 11) is 0. The summed E-state index contributed by atoms with van der Waals surface area (Å²) in [5, 5.41) is 16.9. The van der Waals surface area contributed by atoms with Gasteiger partial charge in [-0.05, 0) is 23.3 Å². The number of para-hydroxylation sites is 2. The molecule has 0 amide bonds. The van der Waals surface area contributed by atoms with Crippen LogP contribution in [0.1, 0.15) is 22.5 Å². The van der Waals surface area contributed by atoms with Crippen LogP contribution in [0.4, 0.5) is 0 Å². The zero-order valence-electron chi connectivity index (χ0n) is 15.1. The van der Waals surface area contributed by atoms with E-state index in [1.54, 1.807) is 0 Å². The molecule has 2 aromatic carbocycles. The van der Waals surface area contributed by atoms with Crippen molar-refractivity contribution >= 4 is 0 Å².